The molecule has 1 aromatic rings. The first-order chi connectivity index (χ1) is 12.7. The van der Waals surface area contributed by atoms with E-state index in [0.29, 0.717) is 32.4 Å². The molecule has 1 unspecified atom stereocenters. The van der Waals surface area contributed by atoms with Crippen molar-refractivity contribution in [2.24, 2.45) is 0 Å². The van der Waals surface area contributed by atoms with E-state index in [2.05, 4.69) is 15.6 Å². The molecule has 0 saturated carbocycles. The fraction of sp³-hybridized carbons (Fsp3) is 0.650. The third-order valence-electron chi connectivity index (χ3n) is 4.73. The summed E-state index contributed by atoms with van der Waals surface area (Å²) in [4.78, 5) is 31.0. The number of carbonyl (C=O) groups excluding carboxylic acids is 2. The van der Waals surface area contributed by atoms with Crippen molar-refractivity contribution >= 4 is 24.2 Å². The van der Waals surface area contributed by atoms with Gasteiger partial charge in [0.05, 0.1) is 12.2 Å². The Balaban J connectivity index is 0.00000364. The molecule has 6 nitrogen and oxygen atoms in total. The van der Waals surface area contributed by atoms with E-state index >= 15 is 0 Å². The summed E-state index contributed by atoms with van der Waals surface area (Å²) in [5.41, 5.74) is 0.916. The van der Waals surface area contributed by atoms with Crippen molar-refractivity contribution in [1.29, 1.82) is 0 Å². The lowest BCUT2D eigenvalue weighted by atomic mass is 10.1. The zero-order valence-corrected chi connectivity index (χ0v) is 17.1. The molecule has 1 aromatic heterocycles. The number of pyridine rings is 1. The van der Waals surface area contributed by atoms with Crippen LogP contribution in [0.25, 0.3) is 0 Å². The quantitative estimate of drug-likeness (QED) is 0.673. The highest BCUT2D eigenvalue weighted by Gasteiger charge is 2.24. The molecule has 1 saturated heterocycles. The number of nitrogens with one attached hydrogen (secondary N) is 2. The average molecular weight is 397 g/mol. The second-order valence-corrected chi connectivity index (χ2v) is 6.88. The number of rotatable bonds is 9. The number of hydrogen-bond acceptors (Lipinski definition) is 4. The molecule has 2 N–H and O–H groups in total. The maximum Gasteiger partial charge on any atom is 0.223 e. The van der Waals surface area contributed by atoms with Crippen LogP contribution in [0.15, 0.2) is 24.4 Å². The van der Waals surface area contributed by atoms with Gasteiger partial charge in [-0.1, -0.05) is 13.0 Å². The van der Waals surface area contributed by atoms with Crippen LogP contribution in [0.4, 0.5) is 0 Å². The van der Waals surface area contributed by atoms with Crippen LogP contribution < -0.4 is 10.6 Å². The summed E-state index contributed by atoms with van der Waals surface area (Å²) in [6, 6.07) is 6.05. The Labute approximate surface area is 168 Å². The van der Waals surface area contributed by atoms with Crippen LogP contribution in [-0.2, 0) is 16.1 Å². The normalized spacial score (nSPS) is 16.7. The first kappa shape index (κ1) is 23.4. The molecule has 0 aromatic carbocycles. The second-order valence-electron chi connectivity index (χ2n) is 6.88. The standard InChI is InChI=1S/C20H32N4O2.ClH/c1-2-12-23-19(25)9-5-10-20(26)24(16-17-7-3-4-14-22-17)18-8-6-13-21-15-11-18;/h3-4,7,14,18,21H,2,5-6,8-13,15-16H2,1H3,(H,23,25);1H. The van der Waals surface area contributed by atoms with Crippen molar-refractivity contribution in [2.45, 2.75) is 64.5 Å². The Kier molecular flexibility index (Phi) is 11.7. The Morgan fingerprint density at radius 1 is 1.26 bits per heavy atom. The zero-order valence-electron chi connectivity index (χ0n) is 16.3. The second kappa shape index (κ2) is 13.5. The number of aromatic nitrogens is 1. The van der Waals surface area contributed by atoms with Crippen LogP contribution >= 0.6 is 12.4 Å². The van der Waals surface area contributed by atoms with Gasteiger partial charge in [0, 0.05) is 31.6 Å². The van der Waals surface area contributed by atoms with Gasteiger partial charge in [0.15, 0.2) is 0 Å². The highest BCUT2D eigenvalue weighted by molar-refractivity contribution is 5.85. The van der Waals surface area contributed by atoms with E-state index in [-0.39, 0.29) is 30.3 Å². The van der Waals surface area contributed by atoms with Gasteiger partial charge in [0.1, 0.15) is 0 Å². The first-order valence-electron chi connectivity index (χ1n) is 9.87. The van der Waals surface area contributed by atoms with Crippen molar-refractivity contribution < 1.29 is 9.59 Å². The Morgan fingerprint density at radius 3 is 2.85 bits per heavy atom. The lowest BCUT2D eigenvalue weighted by Crippen LogP contribution is -2.40. The van der Waals surface area contributed by atoms with Crippen molar-refractivity contribution in [2.75, 3.05) is 19.6 Å². The molecular weight excluding hydrogens is 364 g/mol. The van der Waals surface area contributed by atoms with E-state index in [0.717, 1.165) is 44.5 Å². The highest BCUT2D eigenvalue weighted by Crippen LogP contribution is 2.18. The van der Waals surface area contributed by atoms with Crippen LogP contribution in [0.2, 0.25) is 0 Å². The fourth-order valence-electron chi connectivity index (χ4n) is 3.30. The molecule has 0 aliphatic carbocycles. The summed E-state index contributed by atoms with van der Waals surface area (Å²) in [5.74, 6) is 0.167. The zero-order chi connectivity index (χ0) is 18.6. The SMILES string of the molecule is CCCNC(=O)CCCC(=O)N(Cc1ccccn1)C1CCCNCC1.Cl. The molecule has 1 atom stereocenters. The number of amides is 2. The summed E-state index contributed by atoms with van der Waals surface area (Å²) in [6.45, 7) is 5.23. The van der Waals surface area contributed by atoms with Crippen LogP contribution in [0.1, 0.15) is 57.6 Å². The summed E-state index contributed by atoms with van der Waals surface area (Å²) < 4.78 is 0. The van der Waals surface area contributed by atoms with Gasteiger partial charge in [-0.2, -0.15) is 0 Å². The van der Waals surface area contributed by atoms with Crippen molar-refractivity contribution in [3.8, 4) is 0 Å². The predicted octanol–water partition coefficient (Wildman–Crippen LogP) is 2.67. The van der Waals surface area contributed by atoms with Gasteiger partial charge in [0.25, 0.3) is 0 Å². The maximum absolute atomic E-state index is 12.9. The number of hydrogen-bond donors (Lipinski definition) is 2. The molecule has 1 aliphatic heterocycles. The highest BCUT2D eigenvalue weighted by atomic mass is 35.5. The molecule has 2 rings (SSSR count). The minimum atomic E-state index is 0. The van der Waals surface area contributed by atoms with Gasteiger partial charge in [-0.15, -0.1) is 12.4 Å². The summed E-state index contributed by atoms with van der Waals surface area (Å²) in [6.07, 6.45) is 7.18. The smallest absolute Gasteiger partial charge is 0.223 e. The maximum atomic E-state index is 12.9. The fourth-order valence-corrected chi connectivity index (χ4v) is 3.30. The van der Waals surface area contributed by atoms with Gasteiger partial charge in [-0.05, 0) is 57.3 Å². The monoisotopic (exact) mass is 396 g/mol. The largest absolute Gasteiger partial charge is 0.356 e. The van der Waals surface area contributed by atoms with Crippen LogP contribution in [-0.4, -0.2) is 47.4 Å². The molecule has 0 spiro atoms. The topological polar surface area (TPSA) is 74.3 Å². The Morgan fingerprint density at radius 2 is 2.11 bits per heavy atom. The van der Waals surface area contributed by atoms with Crippen molar-refractivity contribution in [1.82, 2.24) is 20.5 Å². The minimum Gasteiger partial charge on any atom is -0.356 e. The molecule has 2 amide bonds. The van der Waals surface area contributed by atoms with Gasteiger partial charge in [-0.25, -0.2) is 0 Å². The van der Waals surface area contributed by atoms with Crippen LogP contribution in [0, 0.1) is 0 Å². The van der Waals surface area contributed by atoms with E-state index < -0.39 is 0 Å². The molecule has 1 aliphatic rings. The lowest BCUT2D eigenvalue weighted by Gasteiger charge is -2.31. The molecule has 7 heteroatoms. The van der Waals surface area contributed by atoms with Crippen LogP contribution in [0.3, 0.4) is 0 Å². The van der Waals surface area contributed by atoms with Gasteiger partial charge < -0.3 is 15.5 Å². The lowest BCUT2D eigenvalue weighted by molar-refractivity contribution is -0.134. The van der Waals surface area contributed by atoms with E-state index in [1.165, 1.54) is 0 Å². The first-order valence-corrected chi connectivity index (χ1v) is 9.87. The molecule has 1 fully saturated rings. The average Bonchev–Trinajstić information content (AvgIpc) is 2.94. The van der Waals surface area contributed by atoms with E-state index in [4.69, 9.17) is 0 Å². The third-order valence-corrected chi connectivity index (χ3v) is 4.73. The summed E-state index contributed by atoms with van der Waals surface area (Å²) in [7, 11) is 0. The predicted molar refractivity (Wildman–Crippen MR) is 110 cm³/mol. The van der Waals surface area contributed by atoms with Crippen molar-refractivity contribution in [3.63, 3.8) is 0 Å². The summed E-state index contributed by atoms with van der Waals surface area (Å²) >= 11 is 0. The summed E-state index contributed by atoms with van der Waals surface area (Å²) in [5, 5.41) is 6.27. The van der Waals surface area contributed by atoms with Gasteiger partial charge in [-0.3, -0.25) is 14.6 Å². The number of nitrogens with zero attached hydrogens (tertiary/aromatic N) is 2. The minimum absolute atomic E-state index is 0. The van der Waals surface area contributed by atoms with Crippen LogP contribution in [0.5, 0.6) is 0 Å². The number of carbonyl (C=O) groups is 2. The molecule has 2 heterocycles. The third kappa shape index (κ3) is 8.71. The molecule has 0 bridgehead atoms. The molecule has 27 heavy (non-hydrogen) atoms. The van der Waals surface area contributed by atoms with E-state index in [9.17, 15) is 9.59 Å². The molecule has 152 valence electrons. The van der Waals surface area contributed by atoms with Gasteiger partial charge in [0.2, 0.25) is 11.8 Å². The van der Waals surface area contributed by atoms with E-state index in [1.807, 2.05) is 30.0 Å². The molecule has 0 radical (unpaired) electrons. The van der Waals surface area contributed by atoms with E-state index in [1.54, 1.807) is 6.20 Å². The van der Waals surface area contributed by atoms with Gasteiger partial charge >= 0.3 is 0 Å². The molecular formula is C20H33ClN4O2. The Bertz CT molecular complexity index is 548. The Hall–Kier alpha value is -1.66. The number of halogens is 1. The van der Waals surface area contributed by atoms with Crippen molar-refractivity contribution in [3.05, 3.63) is 30.1 Å².